The Morgan fingerprint density at radius 1 is 1.11 bits per heavy atom. The summed E-state index contributed by atoms with van der Waals surface area (Å²) in [6, 6.07) is 12.1. The molecule has 0 radical (unpaired) electrons. The van der Waals surface area contributed by atoms with Gasteiger partial charge < -0.3 is 14.6 Å². The number of benzene rings is 2. The van der Waals surface area contributed by atoms with Gasteiger partial charge in [0.15, 0.2) is 11.5 Å². The maximum absolute atomic E-state index is 10.9. The summed E-state index contributed by atoms with van der Waals surface area (Å²) in [6.07, 6.45) is 0. The molecule has 2 aromatic rings. The molecule has 0 unspecified atom stereocenters. The van der Waals surface area contributed by atoms with E-state index in [-0.39, 0.29) is 5.56 Å². The monoisotopic (exact) mass is 258 g/mol. The van der Waals surface area contributed by atoms with Crippen LogP contribution in [0.4, 0.5) is 0 Å². The van der Waals surface area contributed by atoms with E-state index in [1.54, 1.807) is 6.07 Å². The topological polar surface area (TPSA) is 55.8 Å². The molecule has 4 nitrogen and oxygen atoms in total. The van der Waals surface area contributed by atoms with Crippen molar-refractivity contribution in [3.63, 3.8) is 0 Å². The highest BCUT2D eigenvalue weighted by molar-refractivity contribution is 5.88. The van der Waals surface area contributed by atoms with E-state index in [1.165, 1.54) is 19.2 Å². The van der Waals surface area contributed by atoms with Crippen molar-refractivity contribution in [2.75, 3.05) is 7.11 Å². The van der Waals surface area contributed by atoms with Gasteiger partial charge in [0.1, 0.15) is 5.75 Å². The molecule has 2 aromatic carbocycles. The molecule has 0 aromatic heterocycles. The van der Waals surface area contributed by atoms with E-state index < -0.39 is 5.97 Å². The first-order chi connectivity index (χ1) is 9.10. The molecule has 98 valence electrons. The number of hydrogen-bond acceptors (Lipinski definition) is 3. The van der Waals surface area contributed by atoms with Crippen LogP contribution in [0.3, 0.4) is 0 Å². The van der Waals surface area contributed by atoms with Gasteiger partial charge in [0.2, 0.25) is 0 Å². The second-order valence-corrected chi connectivity index (χ2v) is 4.09. The van der Waals surface area contributed by atoms with Crippen LogP contribution < -0.4 is 9.47 Å². The molecule has 0 spiro atoms. The second-order valence-electron chi connectivity index (χ2n) is 4.09. The number of aryl methyl sites for hydroxylation is 1. The fraction of sp³-hybridized carbons (Fsp3) is 0.133. The van der Waals surface area contributed by atoms with Gasteiger partial charge in [0.25, 0.3) is 0 Å². The molecular weight excluding hydrogens is 244 g/mol. The largest absolute Gasteiger partial charge is 0.493 e. The zero-order valence-electron chi connectivity index (χ0n) is 10.7. The van der Waals surface area contributed by atoms with Crippen LogP contribution >= 0.6 is 0 Å². The normalized spacial score (nSPS) is 10.0. The summed E-state index contributed by atoms with van der Waals surface area (Å²) in [7, 11) is 1.48. The summed E-state index contributed by atoms with van der Waals surface area (Å²) in [5.74, 6) is 0.557. The van der Waals surface area contributed by atoms with Crippen molar-refractivity contribution in [3.05, 3.63) is 53.6 Å². The summed E-state index contributed by atoms with van der Waals surface area (Å²) in [5.41, 5.74) is 1.24. The number of rotatable bonds is 4. The zero-order chi connectivity index (χ0) is 13.8. The average molecular weight is 258 g/mol. The Morgan fingerprint density at radius 3 is 2.53 bits per heavy atom. The highest BCUT2D eigenvalue weighted by Gasteiger charge is 2.10. The number of ether oxygens (including phenoxy) is 2. The van der Waals surface area contributed by atoms with Crippen molar-refractivity contribution < 1.29 is 19.4 Å². The molecule has 0 atom stereocenters. The number of carboxylic acids is 1. The molecule has 1 N–H and O–H groups in total. The van der Waals surface area contributed by atoms with Crippen molar-refractivity contribution >= 4 is 5.97 Å². The lowest BCUT2D eigenvalue weighted by molar-refractivity contribution is 0.0696. The van der Waals surface area contributed by atoms with Gasteiger partial charge in [-0.1, -0.05) is 12.1 Å². The molecular formula is C15H14O4. The van der Waals surface area contributed by atoms with Gasteiger partial charge in [0, 0.05) is 0 Å². The molecule has 4 heteroatoms. The van der Waals surface area contributed by atoms with Gasteiger partial charge in [-0.3, -0.25) is 0 Å². The highest BCUT2D eigenvalue weighted by Crippen LogP contribution is 2.32. The predicted octanol–water partition coefficient (Wildman–Crippen LogP) is 3.49. The van der Waals surface area contributed by atoms with Gasteiger partial charge in [-0.2, -0.15) is 0 Å². The Bertz CT molecular complexity index is 605. The van der Waals surface area contributed by atoms with Gasteiger partial charge in [0.05, 0.1) is 12.7 Å². The third-order valence-electron chi connectivity index (χ3n) is 2.63. The Balaban J connectivity index is 2.32. The number of hydrogen-bond donors (Lipinski definition) is 1. The quantitative estimate of drug-likeness (QED) is 0.912. The maximum atomic E-state index is 10.9. The SMILES string of the molecule is COc1cc(C(=O)O)ccc1Oc1cccc(C)c1. The van der Waals surface area contributed by atoms with E-state index >= 15 is 0 Å². The van der Waals surface area contributed by atoms with Crippen molar-refractivity contribution in [2.45, 2.75) is 6.92 Å². The first-order valence-electron chi connectivity index (χ1n) is 5.76. The van der Waals surface area contributed by atoms with Gasteiger partial charge in [-0.15, -0.1) is 0 Å². The molecule has 0 fully saturated rings. The summed E-state index contributed by atoms with van der Waals surface area (Å²) in [4.78, 5) is 10.9. The standard InChI is InChI=1S/C15H14O4/c1-10-4-3-5-12(8-10)19-13-7-6-11(15(16)17)9-14(13)18-2/h3-9H,1-2H3,(H,16,17). The first-order valence-corrected chi connectivity index (χ1v) is 5.76. The van der Waals surface area contributed by atoms with Crippen LogP contribution in [0.2, 0.25) is 0 Å². The van der Waals surface area contributed by atoms with Crippen molar-refractivity contribution in [1.82, 2.24) is 0 Å². The first kappa shape index (κ1) is 13.0. The van der Waals surface area contributed by atoms with E-state index in [4.69, 9.17) is 14.6 Å². The summed E-state index contributed by atoms with van der Waals surface area (Å²) in [5, 5.41) is 8.93. The van der Waals surface area contributed by atoms with E-state index in [0.717, 1.165) is 5.56 Å². The van der Waals surface area contributed by atoms with Crippen LogP contribution in [0.15, 0.2) is 42.5 Å². The fourth-order valence-corrected chi connectivity index (χ4v) is 1.69. The van der Waals surface area contributed by atoms with E-state index in [0.29, 0.717) is 17.2 Å². The molecule has 0 aliphatic carbocycles. The second kappa shape index (κ2) is 5.44. The Morgan fingerprint density at radius 2 is 1.89 bits per heavy atom. The smallest absolute Gasteiger partial charge is 0.335 e. The maximum Gasteiger partial charge on any atom is 0.335 e. The Labute approximate surface area is 111 Å². The molecule has 0 aliphatic rings. The van der Waals surface area contributed by atoms with Crippen molar-refractivity contribution in [2.24, 2.45) is 0 Å². The third-order valence-corrected chi connectivity index (χ3v) is 2.63. The molecule has 0 saturated carbocycles. The van der Waals surface area contributed by atoms with E-state index in [9.17, 15) is 4.79 Å². The average Bonchev–Trinajstić information content (AvgIpc) is 2.39. The minimum absolute atomic E-state index is 0.161. The number of carbonyl (C=O) groups is 1. The van der Waals surface area contributed by atoms with Crippen molar-refractivity contribution in [3.8, 4) is 17.2 Å². The molecule has 19 heavy (non-hydrogen) atoms. The van der Waals surface area contributed by atoms with Crippen LogP contribution in [-0.2, 0) is 0 Å². The lowest BCUT2D eigenvalue weighted by Crippen LogP contribution is -1.98. The number of carboxylic acid groups (broad SMARTS) is 1. The lowest BCUT2D eigenvalue weighted by Gasteiger charge is -2.11. The molecule has 0 heterocycles. The van der Waals surface area contributed by atoms with E-state index in [1.807, 2.05) is 31.2 Å². The number of aromatic carboxylic acids is 1. The summed E-state index contributed by atoms with van der Waals surface area (Å²) < 4.78 is 10.8. The lowest BCUT2D eigenvalue weighted by atomic mass is 10.2. The van der Waals surface area contributed by atoms with Crippen LogP contribution in [0.1, 0.15) is 15.9 Å². The van der Waals surface area contributed by atoms with Gasteiger partial charge >= 0.3 is 5.97 Å². The summed E-state index contributed by atoms with van der Waals surface area (Å²) >= 11 is 0. The molecule has 0 saturated heterocycles. The van der Waals surface area contributed by atoms with Crippen LogP contribution in [0.25, 0.3) is 0 Å². The Kier molecular flexibility index (Phi) is 3.71. The minimum atomic E-state index is -1.000. The fourth-order valence-electron chi connectivity index (χ4n) is 1.69. The predicted molar refractivity (Wildman–Crippen MR) is 71.2 cm³/mol. The van der Waals surface area contributed by atoms with E-state index in [2.05, 4.69) is 0 Å². The molecule has 0 amide bonds. The third kappa shape index (κ3) is 3.04. The van der Waals surface area contributed by atoms with Crippen LogP contribution in [-0.4, -0.2) is 18.2 Å². The van der Waals surface area contributed by atoms with Gasteiger partial charge in [-0.05, 0) is 42.8 Å². The molecule has 0 aliphatic heterocycles. The van der Waals surface area contributed by atoms with Crippen LogP contribution in [0.5, 0.6) is 17.2 Å². The van der Waals surface area contributed by atoms with Gasteiger partial charge in [-0.25, -0.2) is 4.79 Å². The molecule has 2 rings (SSSR count). The summed E-state index contributed by atoms with van der Waals surface area (Å²) in [6.45, 7) is 1.97. The highest BCUT2D eigenvalue weighted by atomic mass is 16.5. The van der Waals surface area contributed by atoms with Crippen molar-refractivity contribution in [1.29, 1.82) is 0 Å². The minimum Gasteiger partial charge on any atom is -0.493 e. The molecule has 0 bridgehead atoms. The number of methoxy groups -OCH3 is 1. The zero-order valence-corrected chi connectivity index (χ0v) is 10.7. The van der Waals surface area contributed by atoms with Crippen LogP contribution in [0, 0.1) is 6.92 Å². The Hall–Kier alpha value is -2.49.